The molecule has 1 aromatic heterocycles. The van der Waals surface area contributed by atoms with E-state index in [9.17, 15) is 13.2 Å². The van der Waals surface area contributed by atoms with Crippen LogP contribution in [0, 0.1) is 0 Å². The van der Waals surface area contributed by atoms with Crippen LogP contribution in [0.5, 0.6) is 0 Å². The minimum absolute atomic E-state index is 0.0310. The second-order valence-corrected chi connectivity index (χ2v) is 8.56. The molecule has 6 nitrogen and oxygen atoms in total. The number of benzene rings is 1. The maximum Gasteiger partial charge on any atom is 0.241 e. The number of amides is 1. The SMILES string of the molecule is O=C(CC(NS(=O)(=O)c1ccc(Br)cc1)c1ccco1)N1CCCC1. The summed E-state index contributed by atoms with van der Waals surface area (Å²) in [6, 6.07) is 8.94. The number of likely N-dealkylation sites (tertiary alicyclic amines) is 1. The fraction of sp³-hybridized carbons (Fsp3) is 0.353. The van der Waals surface area contributed by atoms with E-state index in [1.165, 1.54) is 18.4 Å². The van der Waals surface area contributed by atoms with E-state index in [1.807, 2.05) is 0 Å². The second-order valence-electron chi connectivity index (χ2n) is 5.94. The van der Waals surface area contributed by atoms with E-state index in [0.717, 1.165) is 30.4 Å². The molecule has 0 aliphatic carbocycles. The number of sulfonamides is 1. The van der Waals surface area contributed by atoms with Crippen molar-refractivity contribution in [2.45, 2.75) is 30.2 Å². The number of hydrogen-bond donors (Lipinski definition) is 1. The average Bonchev–Trinajstić information content (AvgIpc) is 3.28. The van der Waals surface area contributed by atoms with E-state index < -0.39 is 16.1 Å². The Morgan fingerprint density at radius 2 is 1.88 bits per heavy atom. The highest BCUT2D eigenvalue weighted by molar-refractivity contribution is 9.10. The van der Waals surface area contributed by atoms with Gasteiger partial charge in [-0.25, -0.2) is 8.42 Å². The number of nitrogens with zero attached hydrogens (tertiary/aromatic N) is 1. The maximum atomic E-state index is 12.7. The zero-order chi connectivity index (χ0) is 17.9. The molecule has 0 bridgehead atoms. The van der Waals surface area contributed by atoms with Crippen LogP contribution in [0.15, 0.2) is 56.4 Å². The zero-order valence-electron chi connectivity index (χ0n) is 13.5. The van der Waals surface area contributed by atoms with E-state index >= 15 is 0 Å². The van der Waals surface area contributed by atoms with Crippen LogP contribution >= 0.6 is 15.9 Å². The largest absolute Gasteiger partial charge is 0.468 e. The molecule has 3 rings (SSSR count). The molecule has 1 N–H and O–H groups in total. The molecule has 1 saturated heterocycles. The van der Waals surface area contributed by atoms with Gasteiger partial charge < -0.3 is 9.32 Å². The van der Waals surface area contributed by atoms with Crippen molar-refractivity contribution < 1.29 is 17.6 Å². The number of carbonyl (C=O) groups excluding carboxylic acids is 1. The van der Waals surface area contributed by atoms with Gasteiger partial charge in [-0.15, -0.1) is 0 Å². The molecule has 1 aliphatic heterocycles. The third kappa shape index (κ3) is 4.50. The maximum absolute atomic E-state index is 12.7. The van der Waals surface area contributed by atoms with Crippen molar-refractivity contribution >= 4 is 31.9 Å². The minimum Gasteiger partial charge on any atom is -0.468 e. The van der Waals surface area contributed by atoms with E-state index in [2.05, 4.69) is 20.7 Å². The second kappa shape index (κ2) is 7.72. The summed E-state index contributed by atoms with van der Waals surface area (Å²) >= 11 is 3.28. The Balaban J connectivity index is 1.80. The highest BCUT2D eigenvalue weighted by Gasteiger charge is 2.28. The molecule has 2 aromatic rings. The smallest absolute Gasteiger partial charge is 0.241 e. The lowest BCUT2D eigenvalue weighted by atomic mass is 10.1. The Labute approximate surface area is 155 Å². The van der Waals surface area contributed by atoms with Crippen LogP contribution in [-0.2, 0) is 14.8 Å². The summed E-state index contributed by atoms with van der Waals surface area (Å²) < 4.78 is 34.1. The van der Waals surface area contributed by atoms with Gasteiger partial charge in [-0.3, -0.25) is 4.79 Å². The fourth-order valence-electron chi connectivity index (χ4n) is 2.83. The van der Waals surface area contributed by atoms with E-state index in [-0.39, 0.29) is 17.2 Å². The van der Waals surface area contributed by atoms with Crippen molar-refractivity contribution in [1.29, 1.82) is 0 Å². The molecule has 0 radical (unpaired) electrons. The number of halogens is 1. The molecule has 1 unspecified atom stereocenters. The zero-order valence-corrected chi connectivity index (χ0v) is 15.9. The van der Waals surface area contributed by atoms with E-state index in [4.69, 9.17) is 4.42 Å². The molecule has 1 fully saturated rings. The van der Waals surface area contributed by atoms with Gasteiger partial charge in [-0.1, -0.05) is 15.9 Å². The minimum atomic E-state index is -3.77. The molecule has 1 aliphatic rings. The van der Waals surface area contributed by atoms with Gasteiger partial charge in [0.1, 0.15) is 5.76 Å². The lowest BCUT2D eigenvalue weighted by Gasteiger charge is -2.20. The Morgan fingerprint density at radius 3 is 2.48 bits per heavy atom. The number of rotatable bonds is 6. The van der Waals surface area contributed by atoms with Crippen molar-refractivity contribution in [3.05, 3.63) is 52.9 Å². The van der Waals surface area contributed by atoms with Gasteiger partial charge >= 0.3 is 0 Å². The van der Waals surface area contributed by atoms with Crippen LogP contribution in [0.4, 0.5) is 0 Å². The van der Waals surface area contributed by atoms with E-state index in [1.54, 1.807) is 29.2 Å². The number of hydrogen-bond acceptors (Lipinski definition) is 4. The summed E-state index contributed by atoms with van der Waals surface area (Å²) in [5.74, 6) is 0.352. The molecule has 134 valence electrons. The van der Waals surface area contributed by atoms with Gasteiger partial charge in [0.15, 0.2) is 0 Å². The normalized spacial score (nSPS) is 16.1. The van der Waals surface area contributed by atoms with Crippen molar-refractivity contribution in [1.82, 2.24) is 9.62 Å². The van der Waals surface area contributed by atoms with Crippen LogP contribution in [0.1, 0.15) is 31.1 Å². The number of nitrogens with one attached hydrogen (secondary N) is 1. The highest BCUT2D eigenvalue weighted by Crippen LogP contribution is 2.23. The summed E-state index contributed by atoms with van der Waals surface area (Å²) in [7, 11) is -3.77. The van der Waals surface area contributed by atoms with Crippen LogP contribution < -0.4 is 4.72 Å². The molecule has 0 saturated carbocycles. The lowest BCUT2D eigenvalue weighted by molar-refractivity contribution is -0.130. The molecule has 8 heteroatoms. The van der Waals surface area contributed by atoms with Gasteiger partial charge in [-0.05, 0) is 49.2 Å². The monoisotopic (exact) mass is 426 g/mol. The molecule has 1 amide bonds. The first-order valence-electron chi connectivity index (χ1n) is 8.05. The average molecular weight is 427 g/mol. The van der Waals surface area contributed by atoms with Gasteiger partial charge in [0.05, 0.1) is 23.6 Å². The fourth-order valence-corrected chi connectivity index (χ4v) is 4.30. The first kappa shape index (κ1) is 18.2. The van der Waals surface area contributed by atoms with Crippen molar-refractivity contribution in [2.24, 2.45) is 0 Å². The third-order valence-electron chi connectivity index (χ3n) is 4.15. The first-order valence-corrected chi connectivity index (χ1v) is 10.3. The molecule has 1 aromatic carbocycles. The molecular formula is C17H19BrN2O4S. The van der Waals surface area contributed by atoms with Gasteiger partial charge in [-0.2, -0.15) is 4.72 Å². The summed E-state index contributed by atoms with van der Waals surface area (Å²) in [4.78, 5) is 14.4. The molecule has 1 atom stereocenters. The van der Waals surface area contributed by atoms with Crippen LogP contribution in [0.2, 0.25) is 0 Å². The van der Waals surface area contributed by atoms with Crippen LogP contribution in [0.25, 0.3) is 0 Å². The Morgan fingerprint density at radius 1 is 1.20 bits per heavy atom. The topological polar surface area (TPSA) is 79.6 Å². The predicted molar refractivity (Wildman–Crippen MR) is 96.3 cm³/mol. The van der Waals surface area contributed by atoms with Crippen molar-refractivity contribution in [3.8, 4) is 0 Å². The lowest BCUT2D eigenvalue weighted by Crippen LogP contribution is -2.35. The van der Waals surface area contributed by atoms with Gasteiger partial charge in [0, 0.05) is 17.6 Å². The number of carbonyl (C=O) groups is 1. The summed E-state index contributed by atoms with van der Waals surface area (Å²) in [6.07, 6.45) is 3.48. The first-order chi connectivity index (χ1) is 12.0. The molecule has 25 heavy (non-hydrogen) atoms. The third-order valence-corrected chi connectivity index (χ3v) is 6.16. The standard InChI is InChI=1S/C17H19BrN2O4S/c18-13-5-7-14(8-6-13)25(22,23)19-15(16-4-3-11-24-16)12-17(21)20-9-1-2-10-20/h3-8,11,15,19H,1-2,9-10,12H2. The van der Waals surface area contributed by atoms with Crippen LogP contribution in [0.3, 0.4) is 0 Å². The number of furan rings is 1. The Kier molecular flexibility index (Phi) is 5.61. The van der Waals surface area contributed by atoms with Crippen LogP contribution in [-0.4, -0.2) is 32.3 Å². The van der Waals surface area contributed by atoms with E-state index in [0.29, 0.717) is 5.76 Å². The summed E-state index contributed by atoms with van der Waals surface area (Å²) in [6.45, 7) is 1.45. The molecule has 2 heterocycles. The van der Waals surface area contributed by atoms with Gasteiger partial charge in [0.2, 0.25) is 15.9 Å². The summed E-state index contributed by atoms with van der Waals surface area (Å²) in [5.41, 5.74) is 0. The van der Waals surface area contributed by atoms with Gasteiger partial charge in [0.25, 0.3) is 0 Å². The van der Waals surface area contributed by atoms with Crippen molar-refractivity contribution in [2.75, 3.05) is 13.1 Å². The highest BCUT2D eigenvalue weighted by atomic mass is 79.9. The predicted octanol–water partition coefficient (Wildman–Crippen LogP) is 3.07. The molecular weight excluding hydrogens is 408 g/mol. The Bertz CT molecular complexity index is 813. The summed E-state index contributed by atoms with van der Waals surface area (Å²) in [5, 5.41) is 0. The van der Waals surface area contributed by atoms with Crippen molar-refractivity contribution in [3.63, 3.8) is 0 Å². The Hall–Kier alpha value is -1.64. The quantitative estimate of drug-likeness (QED) is 0.769. The molecule has 0 spiro atoms.